The maximum absolute atomic E-state index is 14.6. The summed E-state index contributed by atoms with van der Waals surface area (Å²) >= 11 is 6.28. The summed E-state index contributed by atoms with van der Waals surface area (Å²) in [6, 6.07) is 4.71. The summed E-state index contributed by atoms with van der Waals surface area (Å²) in [5.41, 5.74) is 1.76. The van der Waals surface area contributed by atoms with Crippen molar-refractivity contribution < 1.29 is 22.9 Å². The number of nitrogens with one attached hydrogen (secondary N) is 1. The molecule has 7 nitrogen and oxygen atoms in total. The molecule has 2 aliphatic rings. The first kappa shape index (κ1) is 24.9. The number of aromatic nitrogens is 1. The topological polar surface area (TPSA) is 80.8 Å². The Labute approximate surface area is 206 Å². The Morgan fingerprint density at radius 1 is 1.32 bits per heavy atom. The smallest absolute Gasteiger partial charge is 0.265 e. The van der Waals surface area contributed by atoms with Crippen molar-refractivity contribution in [2.75, 3.05) is 26.0 Å². The molecule has 1 aliphatic heterocycles. The minimum absolute atomic E-state index is 0.0103. The van der Waals surface area contributed by atoms with Crippen molar-refractivity contribution in [3.8, 4) is 11.6 Å². The van der Waals surface area contributed by atoms with Gasteiger partial charge in [-0.25, -0.2) is 13.6 Å². The number of rotatable bonds is 10. The molecule has 0 radical (unpaired) electrons. The number of benzene rings is 1. The van der Waals surface area contributed by atoms with Crippen LogP contribution in [0.15, 0.2) is 24.4 Å². The van der Waals surface area contributed by atoms with Gasteiger partial charge in [0.05, 0.1) is 18.3 Å². The van der Waals surface area contributed by atoms with E-state index in [1.165, 1.54) is 12.3 Å². The van der Waals surface area contributed by atoms with E-state index in [4.69, 9.17) is 21.1 Å². The molecule has 10 heteroatoms. The fourth-order valence-electron chi connectivity index (χ4n) is 4.01. The van der Waals surface area contributed by atoms with Crippen LogP contribution in [0.2, 0.25) is 5.02 Å². The highest BCUT2D eigenvalue weighted by atomic mass is 35.5. The van der Waals surface area contributed by atoms with Gasteiger partial charge >= 0.3 is 0 Å². The van der Waals surface area contributed by atoms with E-state index in [-0.39, 0.29) is 17.6 Å². The lowest BCUT2D eigenvalue weighted by atomic mass is 10.00. The van der Waals surface area contributed by atoms with Crippen LogP contribution in [0.4, 0.5) is 4.39 Å². The third-order valence-electron chi connectivity index (χ3n) is 5.72. The zero-order chi connectivity index (χ0) is 24.4. The van der Waals surface area contributed by atoms with Crippen LogP contribution in [-0.2, 0) is 17.5 Å². The van der Waals surface area contributed by atoms with Crippen LogP contribution in [0.25, 0.3) is 0 Å². The average Bonchev–Trinajstić information content (AvgIpc) is 3.56. The van der Waals surface area contributed by atoms with Crippen molar-refractivity contribution in [2.24, 2.45) is 5.92 Å². The molecule has 1 aromatic heterocycles. The summed E-state index contributed by atoms with van der Waals surface area (Å²) in [5, 5.41) is 0.503. The number of hydrogen-bond donors (Lipinski definition) is 1. The Kier molecular flexibility index (Phi) is 7.74. The van der Waals surface area contributed by atoms with Gasteiger partial charge in [-0.15, -0.1) is 0 Å². The van der Waals surface area contributed by atoms with Crippen LogP contribution >= 0.6 is 11.6 Å². The Morgan fingerprint density at radius 3 is 2.68 bits per heavy atom. The normalized spacial score (nSPS) is 17.4. The van der Waals surface area contributed by atoms with Gasteiger partial charge in [-0.1, -0.05) is 11.6 Å². The number of carbonyl (C=O) groups excluding carboxylic acids is 1. The Morgan fingerprint density at radius 2 is 2.06 bits per heavy atom. The lowest BCUT2D eigenvalue weighted by Crippen LogP contribution is -2.48. The fourth-order valence-corrected chi connectivity index (χ4v) is 4.61. The summed E-state index contributed by atoms with van der Waals surface area (Å²) in [6.07, 6.45) is 5.09. The van der Waals surface area contributed by atoms with Gasteiger partial charge in [0.25, 0.3) is 5.91 Å². The molecule has 1 unspecified atom stereocenters. The molecule has 2 aromatic rings. The molecule has 1 aromatic carbocycles. The van der Waals surface area contributed by atoms with Gasteiger partial charge < -0.3 is 9.47 Å². The molecule has 184 valence electrons. The molecule has 0 bridgehead atoms. The lowest BCUT2D eigenvalue weighted by molar-refractivity contribution is 0.0552. The highest BCUT2D eigenvalue weighted by Gasteiger charge is 2.31. The summed E-state index contributed by atoms with van der Waals surface area (Å²) < 4.78 is 39.7. The summed E-state index contributed by atoms with van der Waals surface area (Å²) in [6.45, 7) is 6.77. The zero-order valence-electron chi connectivity index (χ0n) is 19.5. The minimum atomic E-state index is -1.56. The molecule has 0 spiro atoms. The van der Waals surface area contributed by atoms with Crippen LogP contribution < -0.4 is 14.2 Å². The molecular formula is C24H29ClFN3O4S. The van der Waals surface area contributed by atoms with Gasteiger partial charge in [0.2, 0.25) is 5.88 Å². The third-order valence-corrected chi connectivity index (χ3v) is 6.47. The van der Waals surface area contributed by atoms with E-state index in [0.717, 1.165) is 43.6 Å². The van der Waals surface area contributed by atoms with Gasteiger partial charge in [-0.2, -0.15) is 0 Å². The van der Waals surface area contributed by atoms with Crippen molar-refractivity contribution >= 4 is 28.5 Å². The summed E-state index contributed by atoms with van der Waals surface area (Å²) in [4.78, 5) is 18.7. The first-order chi connectivity index (χ1) is 16.2. The molecule has 34 heavy (non-hydrogen) atoms. The quantitative estimate of drug-likeness (QED) is 0.520. The average molecular weight is 510 g/mol. The molecule has 1 aliphatic carbocycles. The highest BCUT2D eigenvalue weighted by Crippen LogP contribution is 2.45. The van der Waals surface area contributed by atoms with Gasteiger partial charge in [0.15, 0.2) is 0 Å². The number of amides is 1. The van der Waals surface area contributed by atoms with Crippen molar-refractivity contribution in [1.29, 1.82) is 0 Å². The molecule has 1 amide bonds. The van der Waals surface area contributed by atoms with Crippen molar-refractivity contribution in [2.45, 2.75) is 45.3 Å². The molecular weight excluding hydrogens is 481 g/mol. The van der Waals surface area contributed by atoms with Gasteiger partial charge in [-0.05, 0) is 55.9 Å². The number of pyridine rings is 1. The Hall–Kier alpha value is -2.23. The number of carbonyl (C=O) groups is 1. The number of nitrogens with zero attached hydrogens (tertiary/aromatic N) is 2. The highest BCUT2D eigenvalue weighted by molar-refractivity contribution is 7.82. The van der Waals surface area contributed by atoms with E-state index in [0.29, 0.717) is 29.2 Å². The number of ether oxygens (including phenoxy) is 2. The van der Waals surface area contributed by atoms with E-state index in [1.54, 1.807) is 12.3 Å². The zero-order valence-corrected chi connectivity index (χ0v) is 21.0. The van der Waals surface area contributed by atoms with Crippen LogP contribution in [0.3, 0.4) is 0 Å². The summed E-state index contributed by atoms with van der Waals surface area (Å²) in [5.74, 6) is 0.177. The second-order valence-corrected chi connectivity index (χ2v) is 10.7. The number of halogens is 2. The molecule has 2 heterocycles. The first-order valence-electron chi connectivity index (χ1n) is 11.3. The molecule has 4 rings (SSSR count). The maximum Gasteiger partial charge on any atom is 0.265 e. The minimum Gasteiger partial charge on any atom is -0.493 e. The van der Waals surface area contributed by atoms with E-state index >= 15 is 0 Å². The second-order valence-electron chi connectivity index (χ2n) is 9.20. The lowest BCUT2D eigenvalue weighted by Gasteiger charge is -2.39. The Bertz CT molecular complexity index is 1090. The van der Waals surface area contributed by atoms with Crippen molar-refractivity contribution in [3.63, 3.8) is 0 Å². The fraction of sp³-hybridized carbons (Fsp3) is 0.500. The summed E-state index contributed by atoms with van der Waals surface area (Å²) in [7, 11) is -1.56. The van der Waals surface area contributed by atoms with E-state index < -0.39 is 22.7 Å². The largest absolute Gasteiger partial charge is 0.493 e. The number of hydrogen-bond acceptors (Lipinski definition) is 6. The first-order valence-corrected chi connectivity index (χ1v) is 13.3. The van der Waals surface area contributed by atoms with Gasteiger partial charge in [-0.3, -0.25) is 14.4 Å². The van der Waals surface area contributed by atoms with Gasteiger partial charge in [0.1, 0.15) is 27.6 Å². The van der Waals surface area contributed by atoms with Crippen LogP contribution in [0.5, 0.6) is 11.6 Å². The monoisotopic (exact) mass is 509 g/mol. The molecule has 1 saturated carbocycles. The van der Waals surface area contributed by atoms with Crippen LogP contribution in [0.1, 0.15) is 54.1 Å². The van der Waals surface area contributed by atoms with E-state index in [1.807, 2.05) is 19.9 Å². The van der Waals surface area contributed by atoms with E-state index in [2.05, 4.69) is 14.6 Å². The Balaban J connectivity index is 1.31. The SMILES string of the molecule is CC(C)Oc1ncc(CN2CC(COc3cc(F)c(C(=O)NS(C)=O)cc3C3CC3)C2)cc1Cl. The van der Waals surface area contributed by atoms with E-state index in [9.17, 15) is 13.4 Å². The standard InChI is InChI=1S/C24H29ClFN3O4S/c1-14(2)33-24-20(25)6-15(9-27-24)10-29-11-16(12-29)13-32-22-8-21(26)19(23(30)28-34(3)31)7-18(22)17-4-5-17/h6-9,14,16-17H,4-5,10-13H2,1-3H3,(H,28,30). The third kappa shape index (κ3) is 6.25. The molecule has 1 saturated heterocycles. The van der Waals surface area contributed by atoms with Crippen LogP contribution in [0, 0.1) is 11.7 Å². The molecule has 2 fully saturated rings. The predicted molar refractivity (Wildman–Crippen MR) is 129 cm³/mol. The predicted octanol–water partition coefficient (Wildman–Crippen LogP) is 4.07. The molecule has 1 atom stereocenters. The van der Waals surface area contributed by atoms with Crippen LogP contribution in [-0.4, -0.2) is 52.1 Å². The second kappa shape index (κ2) is 10.6. The van der Waals surface area contributed by atoms with Crippen molar-refractivity contribution in [3.05, 3.63) is 51.9 Å². The van der Waals surface area contributed by atoms with Crippen molar-refractivity contribution in [1.82, 2.24) is 14.6 Å². The maximum atomic E-state index is 14.6. The number of likely N-dealkylation sites (tertiary alicyclic amines) is 1. The van der Waals surface area contributed by atoms with Gasteiger partial charge in [0, 0.05) is 44.1 Å². The molecule has 1 N–H and O–H groups in total.